The Hall–Kier alpha value is -3.95. The monoisotopic (exact) mass is 490 g/mol. The highest BCUT2D eigenvalue weighted by Gasteiger charge is 2.23. The maximum atomic E-state index is 13.4. The number of amides is 1. The number of benzene rings is 3. The van der Waals surface area contributed by atoms with Gasteiger partial charge in [0.1, 0.15) is 11.4 Å². The van der Waals surface area contributed by atoms with Crippen LogP contribution in [0.4, 0.5) is 0 Å². The molecule has 0 saturated heterocycles. The number of ether oxygens (including phenoxy) is 1. The fourth-order valence-corrected chi connectivity index (χ4v) is 4.72. The number of carbonyl (C=O) groups is 1. The van der Waals surface area contributed by atoms with Crippen LogP contribution in [0.5, 0.6) is 5.75 Å². The van der Waals surface area contributed by atoms with Crippen LogP contribution in [0.25, 0.3) is 16.9 Å². The van der Waals surface area contributed by atoms with Crippen LogP contribution >= 0.6 is 0 Å². The van der Waals surface area contributed by atoms with Crippen molar-refractivity contribution >= 4 is 15.9 Å². The predicted octanol–water partition coefficient (Wildman–Crippen LogP) is 3.73. The summed E-state index contributed by atoms with van der Waals surface area (Å²) in [6.07, 6.45) is 1.67. The number of nitrogens with one attached hydrogen (secondary N) is 1. The highest BCUT2D eigenvalue weighted by Crippen LogP contribution is 2.27. The van der Waals surface area contributed by atoms with Gasteiger partial charge < -0.3 is 10.1 Å². The van der Waals surface area contributed by atoms with Crippen molar-refractivity contribution in [3.05, 3.63) is 96.2 Å². The number of hydrogen-bond donors (Lipinski definition) is 1. The molecular formula is C26H26N4O4S. The summed E-state index contributed by atoms with van der Waals surface area (Å²) in [4.78, 5) is 13.5. The van der Waals surface area contributed by atoms with E-state index in [1.165, 1.54) is 20.2 Å². The second-order valence-electron chi connectivity index (χ2n) is 7.98. The molecule has 0 saturated carbocycles. The molecule has 0 atom stereocenters. The minimum atomic E-state index is -3.66. The lowest BCUT2D eigenvalue weighted by molar-refractivity contribution is 0.0951. The lowest BCUT2D eigenvalue weighted by Crippen LogP contribution is -2.27. The van der Waals surface area contributed by atoms with Crippen molar-refractivity contribution in [1.82, 2.24) is 19.4 Å². The highest BCUT2D eigenvalue weighted by molar-refractivity contribution is 7.89. The zero-order valence-electron chi connectivity index (χ0n) is 19.7. The van der Waals surface area contributed by atoms with Crippen molar-refractivity contribution < 1.29 is 17.9 Å². The number of aromatic nitrogens is 2. The van der Waals surface area contributed by atoms with Crippen LogP contribution in [0, 0.1) is 0 Å². The van der Waals surface area contributed by atoms with Crippen LogP contribution < -0.4 is 10.1 Å². The number of rotatable bonds is 8. The maximum absolute atomic E-state index is 13.4. The van der Waals surface area contributed by atoms with Gasteiger partial charge in [0.2, 0.25) is 10.0 Å². The van der Waals surface area contributed by atoms with E-state index in [9.17, 15) is 13.2 Å². The molecule has 0 spiro atoms. The van der Waals surface area contributed by atoms with Crippen LogP contribution in [0.2, 0.25) is 0 Å². The number of hydrogen-bond acceptors (Lipinski definition) is 5. The second-order valence-corrected chi connectivity index (χ2v) is 10.1. The third-order valence-corrected chi connectivity index (χ3v) is 7.41. The Morgan fingerprint density at radius 2 is 1.71 bits per heavy atom. The van der Waals surface area contributed by atoms with E-state index in [1.807, 2.05) is 54.6 Å². The third-order valence-electron chi connectivity index (χ3n) is 5.49. The first kappa shape index (κ1) is 24.2. The Bertz CT molecular complexity index is 1450. The average Bonchev–Trinajstić information content (AvgIpc) is 3.34. The Morgan fingerprint density at radius 1 is 1.00 bits per heavy atom. The van der Waals surface area contributed by atoms with Gasteiger partial charge in [0.15, 0.2) is 0 Å². The fourth-order valence-electron chi connectivity index (χ4n) is 3.61. The molecule has 4 aromatic rings. The Kier molecular flexibility index (Phi) is 6.99. The molecule has 1 aromatic heterocycles. The molecule has 0 bridgehead atoms. The largest absolute Gasteiger partial charge is 0.497 e. The molecule has 0 aliphatic rings. The van der Waals surface area contributed by atoms with E-state index in [4.69, 9.17) is 4.74 Å². The number of nitrogens with zero attached hydrogens (tertiary/aromatic N) is 3. The molecule has 0 radical (unpaired) electrons. The normalized spacial score (nSPS) is 11.4. The number of carbonyl (C=O) groups excluding carboxylic acids is 1. The molecule has 1 heterocycles. The molecule has 0 aliphatic heterocycles. The molecule has 8 nitrogen and oxygen atoms in total. The van der Waals surface area contributed by atoms with Crippen molar-refractivity contribution in [2.75, 3.05) is 21.2 Å². The number of sulfonamides is 1. The van der Waals surface area contributed by atoms with Gasteiger partial charge in [0.05, 0.1) is 23.3 Å². The number of para-hydroxylation sites is 1. The van der Waals surface area contributed by atoms with Gasteiger partial charge in [-0.2, -0.15) is 5.10 Å². The summed E-state index contributed by atoms with van der Waals surface area (Å²) < 4.78 is 33.6. The summed E-state index contributed by atoms with van der Waals surface area (Å²) in [5.41, 5.74) is 2.86. The summed E-state index contributed by atoms with van der Waals surface area (Å²) in [6.45, 7) is 0.0378. The van der Waals surface area contributed by atoms with Crippen LogP contribution in [0.1, 0.15) is 15.9 Å². The molecule has 35 heavy (non-hydrogen) atoms. The van der Waals surface area contributed by atoms with Gasteiger partial charge in [-0.05, 0) is 35.9 Å². The molecule has 1 amide bonds. The molecular weight excluding hydrogens is 464 g/mol. The molecule has 0 fully saturated rings. The van der Waals surface area contributed by atoms with Crippen molar-refractivity contribution in [3.8, 4) is 22.7 Å². The van der Waals surface area contributed by atoms with E-state index in [0.717, 1.165) is 15.6 Å². The summed E-state index contributed by atoms with van der Waals surface area (Å²) in [6, 6.07) is 23.4. The standard InChI is InChI=1S/C26H26N4O4S/c1-29(2)35(32,33)24-15-8-7-10-20(24)17-27-26(31)23-18-30(21-12-5-4-6-13-21)28-25(23)19-11-9-14-22(16-19)34-3/h4-16,18H,17H2,1-3H3,(H,27,31). The maximum Gasteiger partial charge on any atom is 0.255 e. The molecule has 3 aromatic carbocycles. The molecule has 0 unspecified atom stereocenters. The van der Waals surface area contributed by atoms with E-state index in [2.05, 4.69) is 10.4 Å². The number of methoxy groups -OCH3 is 1. The molecule has 180 valence electrons. The summed E-state index contributed by atoms with van der Waals surface area (Å²) in [5.74, 6) is 0.271. The summed E-state index contributed by atoms with van der Waals surface area (Å²) in [7, 11) is 0.869. The average molecular weight is 491 g/mol. The van der Waals surface area contributed by atoms with Crippen molar-refractivity contribution in [3.63, 3.8) is 0 Å². The van der Waals surface area contributed by atoms with Gasteiger partial charge in [0.25, 0.3) is 5.91 Å². The van der Waals surface area contributed by atoms with Crippen molar-refractivity contribution in [2.24, 2.45) is 0 Å². The Labute approximate surface area is 204 Å². The second kappa shape index (κ2) is 10.1. The SMILES string of the molecule is COc1cccc(-c2nn(-c3ccccc3)cc2C(=O)NCc2ccccc2S(=O)(=O)N(C)C)c1. The minimum absolute atomic E-state index is 0.0378. The minimum Gasteiger partial charge on any atom is -0.497 e. The van der Waals surface area contributed by atoms with Gasteiger partial charge in [-0.3, -0.25) is 4.79 Å². The van der Waals surface area contributed by atoms with E-state index >= 15 is 0 Å². The molecule has 0 aliphatic carbocycles. The zero-order valence-corrected chi connectivity index (χ0v) is 20.5. The smallest absolute Gasteiger partial charge is 0.255 e. The Balaban J connectivity index is 1.69. The van der Waals surface area contributed by atoms with Gasteiger partial charge >= 0.3 is 0 Å². The first-order chi connectivity index (χ1) is 16.8. The van der Waals surface area contributed by atoms with Gasteiger partial charge in [0, 0.05) is 32.4 Å². The third kappa shape index (κ3) is 5.11. The zero-order chi connectivity index (χ0) is 25.0. The van der Waals surface area contributed by atoms with Crippen LogP contribution in [-0.2, 0) is 16.6 Å². The predicted molar refractivity (Wildman–Crippen MR) is 134 cm³/mol. The van der Waals surface area contributed by atoms with E-state index in [-0.39, 0.29) is 17.3 Å². The first-order valence-corrected chi connectivity index (χ1v) is 12.3. The van der Waals surface area contributed by atoms with E-state index < -0.39 is 10.0 Å². The molecule has 4 rings (SSSR count). The molecule has 1 N–H and O–H groups in total. The van der Waals surface area contributed by atoms with Gasteiger partial charge in [-0.25, -0.2) is 17.4 Å². The van der Waals surface area contributed by atoms with E-state index in [1.54, 1.807) is 36.2 Å². The fraction of sp³-hybridized carbons (Fsp3) is 0.154. The molecule has 9 heteroatoms. The van der Waals surface area contributed by atoms with Crippen molar-refractivity contribution in [2.45, 2.75) is 11.4 Å². The van der Waals surface area contributed by atoms with Crippen LogP contribution in [-0.4, -0.2) is 49.6 Å². The Morgan fingerprint density at radius 3 is 2.43 bits per heavy atom. The topological polar surface area (TPSA) is 93.5 Å². The first-order valence-electron chi connectivity index (χ1n) is 10.9. The quantitative estimate of drug-likeness (QED) is 0.406. The van der Waals surface area contributed by atoms with Crippen LogP contribution in [0.3, 0.4) is 0 Å². The lowest BCUT2D eigenvalue weighted by atomic mass is 10.1. The van der Waals surface area contributed by atoms with Gasteiger partial charge in [-0.15, -0.1) is 0 Å². The van der Waals surface area contributed by atoms with E-state index in [0.29, 0.717) is 22.6 Å². The van der Waals surface area contributed by atoms with Gasteiger partial charge in [-0.1, -0.05) is 48.5 Å². The summed E-state index contributed by atoms with van der Waals surface area (Å²) >= 11 is 0. The highest BCUT2D eigenvalue weighted by atomic mass is 32.2. The van der Waals surface area contributed by atoms with Crippen LogP contribution in [0.15, 0.2) is 90.0 Å². The summed E-state index contributed by atoms with van der Waals surface area (Å²) in [5, 5.41) is 7.54. The lowest BCUT2D eigenvalue weighted by Gasteiger charge is -2.15. The van der Waals surface area contributed by atoms with Crippen molar-refractivity contribution in [1.29, 1.82) is 0 Å².